The maximum atomic E-state index is 12.8. The van der Waals surface area contributed by atoms with Crippen molar-refractivity contribution in [2.24, 2.45) is 0 Å². The molecule has 0 spiro atoms. The van der Waals surface area contributed by atoms with E-state index in [1.54, 1.807) is 0 Å². The van der Waals surface area contributed by atoms with Crippen molar-refractivity contribution in [3.8, 4) is 0 Å². The van der Waals surface area contributed by atoms with Crippen LogP contribution in [-0.2, 0) is 23.8 Å². The van der Waals surface area contributed by atoms with Crippen LogP contribution in [0.3, 0.4) is 0 Å². The van der Waals surface area contributed by atoms with E-state index < -0.39 is 6.10 Å². The fourth-order valence-corrected chi connectivity index (χ4v) is 7.06. The van der Waals surface area contributed by atoms with E-state index in [1.165, 1.54) is 57.8 Å². The molecule has 0 aliphatic heterocycles. The second kappa shape index (κ2) is 55.6. The first-order valence-electron chi connectivity index (χ1n) is 27.1. The minimum Gasteiger partial charge on any atom is -0.462 e. The summed E-state index contributed by atoms with van der Waals surface area (Å²) in [5.41, 5.74) is 0. The molecular formula is C61H100O5. The highest BCUT2D eigenvalue weighted by atomic mass is 16.6. The Kier molecular flexibility index (Phi) is 52.5. The maximum absolute atomic E-state index is 12.8. The van der Waals surface area contributed by atoms with E-state index in [-0.39, 0.29) is 25.2 Å². The van der Waals surface area contributed by atoms with Crippen molar-refractivity contribution in [3.63, 3.8) is 0 Å². The summed E-state index contributed by atoms with van der Waals surface area (Å²) in [6.45, 7) is 7.42. The van der Waals surface area contributed by atoms with Crippen molar-refractivity contribution in [1.29, 1.82) is 0 Å². The van der Waals surface area contributed by atoms with E-state index in [0.717, 1.165) is 135 Å². The summed E-state index contributed by atoms with van der Waals surface area (Å²) in [4.78, 5) is 25.5. The van der Waals surface area contributed by atoms with Crippen molar-refractivity contribution in [2.45, 2.75) is 232 Å². The molecule has 0 aliphatic rings. The van der Waals surface area contributed by atoms with E-state index in [4.69, 9.17) is 14.2 Å². The van der Waals surface area contributed by atoms with Gasteiger partial charge >= 0.3 is 11.9 Å². The lowest BCUT2D eigenvalue weighted by Crippen LogP contribution is -2.30. The summed E-state index contributed by atoms with van der Waals surface area (Å²) >= 11 is 0. The topological polar surface area (TPSA) is 61.8 Å². The Bertz CT molecular complexity index is 1350. The molecule has 0 saturated carbocycles. The summed E-state index contributed by atoms with van der Waals surface area (Å²) in [5, 5.41) is 0. The van der Waals surface area contributed by atoms with Gasteiger partial charge in [-0.3, -0.25) is 9.59 Å². The Morgan fingerprint density at radius 3 is 1.02 bits per heavy atom. The molecule has 5 heteroatoms. The molecule has 0 amide bonds. The first kappa shape index (κ1) is 62.3. The van der Waals surface area contributed by atoms with Gasteiger partial charge < -0.3 is 14.2 Å². The average Bonchev–Trinajstić information content (AvgIpc) is 3.32. The van der Waals surface area contributed by atoms with Crippen molar-refractivity contribution in [3.05, 3.63) is 122 Å². The van der Waals surface area contributed by atoms with Crippen molar-refractivity contribution >= 4 is 11.9 Å². The highest BCUT2D eigenvalue weighted by Gasteiger charge is 2.17. The van der Waals surface area contributed by atoms with Crippen LogP contribution >= 0.6 is 0 Å². The van der Waals surface area contributed by atoms with Crippen LogP contribution in [0.25, 0.3) is 0 Å². The minimum atomic E-state index is -0.567. The van der Waals surface area contributed by atoms with Gasteiger partial charge in [0.1, 0.15) is 6.61 Å². The van der Waals surface area contributed by atoms with E-state index >= 15 is 0 Å². The van der Waals surface area contributed by atoms with E-state index in [2.05, 4.69) is 142 Å². The van der Waals surface area contributed by atoms with Crippen LogP contribution in [-0.4, -0.2) is 37.9 Å². The largest absolute Gasteiger partial charge is 0.462 e. The normalized spacial score (nSPS) is 13.2. The van der Waals surface area contributed by atoms with Gasteiger partial charge in [0.15, 0.2) is 6.10 Å². The molecule has 5 nitrogen and oxygen atoms in total. The van der Waals surface area contributed by atoms with Crippen LogP contribution in [0.1, 0.15) is 226 Å². The summed E-state index contributed by atoms with van der Waals surface area (Å²) < 4.78 is 17.4. The molecule has 0 aromatic rings. The van der Waals surface area contributed by atoms with Crippen LogP contribution < -0.4 is 0 Å². The Morgan fingerprint density at radius 2 is 0.636 bits per heavy atom. The molecule has 0 aromatic heterocycles. The predicted octanol–water partition coefficient (Wildman–Crippen LogP) is 18.6. The molecule has 0 aliphatic carbocycles. The lowest BCUT2D eigenvalue weighted by atomic mass is 10.1. The molecule has 0 N–H and O–H groups in total. The highest BCUT2D eigenvalue weighted by molar-refractivity contribution is 5.70. The number of hydrogen-bond donors (Lipinski definition) is 0. The number of carbonyl (C=O) groups is 2. The average molecular weight is 913 g/mol. The van der Waals surface area contributed by atoms with Crippen molar-refractivity contribution in [2.75, 3.05) is 19.8 Å². The van der Waals surface area contributed by atoms with Crippen molar-refractivity contribution < 1.29 is 23.8 Å². The number of ether oxygens (including phenoxy) is 3. The van der Waals surface area contributed by atoms with Gasteiger partial charge in [0, 0.05) is 19.4 Å². The first-order chi connectivity index (χ1) is 32.6. The summed E-state index contributed by atoms with van der Waals surface area (Å²) in [6, 6.07) is 0. The second-order valence-corrected chi connectivity index (χ2v) is 17.3. The number of carbonyl (C=O) groups excluding carboxylic acids is 2. The molecule has 0 heterocycles. The zero-order chi connectivity index (χ0) is 47.7. The van der Waals surface area contributed by atoms with Crippen molar-refractivity contribution in [1.82, 2.24) is 0 Å². The molecular weight excluding hydrogens is 813 g/mol. The summed E-state index contributed by atoms with van der Waals surface area (Å²) in [6.07, 6.45) is 77.8. The number of rotatable bonds is 48. The van der Waals surface area contributed by atoms with E-state index in [9.17, 15) is 9.59 Å². The summed E-state index contributed by atoms with van der Waals surface area (Å²) in [7, 11) is 0. The van der Waals surface area contributed by atoms with Crippen LogP contribution in [0.4, 0.5) is 0 Å². The zero-order valence-corrected chi connectivity index (χ0v) is 42.9. The number of unbranched alkanes of at least 4 members (excludes halogenated alkanes) is 17. The molecule has 1 atom stereocenters. The smallest absolute Gasteiger partial charge is 0.306 e. The minimum absolute atomic E-state index is 0.0577. The molecule has 374 valence electrons. The molecule has 0 bridgehead atoms. The fraction of sp³-hybridized carbons (Fsp3) is 0.639. The molecule has 0 radical (unpaired) electrons. The van der Waals surface area contributed by atoms with Gasteiger partial charge in [-0.25, -0.2) is 0 Å². The Hall–Kier alpha value is -3.70. The quantitative estimate of drug-likeness (QED) is 0.0346. The van der Waals surface area contributed by atoms with Gasteiger partial charge in [0.25, 0.3) is 0 Å². The van der Waals surface area contributed by atoms with E-state index in [0.29, 0.717) is 19.4 Å². The lowest BCUT2D eigenvalue weighted by molar-refractivity contribution is -0.163. The van der Waals surface area contributed by atoms with Gasteiger partial charge in [-0.1, -0.05) is 213 Å². The summed E-state index contributed by atoms with van der Waals surface area (Å²) in [5.74, 6) is -0.446. The lowest BCUT2D eigenvalue weighted by Gasteiger charge is -2.18. The van der Waals surface area contributed by atoms with Crippen LogP contribution in [0, 0.1) is 0 Å². The Labute approximate surface area is 407 Å². The second-order valence-electron chi connectivity index (χ2n) is 17.3. The fourth-order valence-electron chi connectivity index (χ4n) is 7.06. The van der Waals surface area contributed by atoms with Gasteiger partial charge in [-0.15, -0.1) is 0 Å². The SMILES string of the molecule is CC/C=C\C/C=C\C/C=C\C/C=C\CCCCCCCCC(=O)OCC(COCCCCCCCC/C=C\C/C=C\C/C=C\CC)OC(=O)CCCCCCC/C=C\C/C=C\C/C=C\CC. The van der Waals surface area contributed by atoms with Crippen LogP contribution in [0.2, 0.25) is 0 Å². The van der Waals surface area contributed by atoms with Crippen LogP contribution in [0.15, 0.2) is 122 Å². The molecule has 0 fully saturated rings. The first-order valence-corrected chi connectivity index (χ1v) is 27.1. The van der Waals surface area contributed by atoms with Gasteiger partial charge in [-0.2, -0.15) is 0 Å². The third-order valence-corrected chi connectivity index (χ3v) is 11.0. The maximum Gasteiger partial charge on any atom is 0.306 e. The Balaban J connectivity index is 4.37. The van der Waals surface area contributed by atoms with Gasteiger partial charge in [-0.05, 0) is 122 Å². The van der Waals surface area contributed by atoms with Crippen LogP contribution in [0.5, 0.6) is 0 Å². The zero-order valence-electron chi connectivity index (χ0n) is 42.9. The molecule has 0 aromatic carbocycles. The third-order valence-electron chi connectivity index (χ3n) is 11.0. The number of esters is 2. The molecule has 1 unspecified atom stereocenters. The van der Waals surface area contributed by atoms with Gasteiger partial charge in [0.05, 0.1) is 6.61 Å². The molecule has 0 rings (SSSR count). The van der Waals surface area contributed by atoms with Gasteiger partial charge in [0.2, 0.25) is 0 Å². The Morgan fingerprint density at radius 1 is 0.333 bits per heavy atom. The predicted molar refractivity (Wildman–Crippen MR) is 288 cm³/mol. The number of allylic oxidation sites excluding steroid dienone is 20. The highest BCUT2D eigenvalue weighted by Crippen LogP contribution is 2.13. The number of hydrogen-bond acceptors (Lipinski definition) is 5. The monoisotopic (exact) mass is 913 g/mol. The molecule has 66 heavy (non-hydrogen) atoms. The molecule has 0 saturated heterocycles. The standard InChI is InChI=1S/C61H100O5/c1-4-7-10-13-16-19-22-25-28-30-31-32-34-36-39-42-45-48-51-54-60(62)65-58-59(57-64-56-53-50-47-44-41-38-35-29-26-23-20-17-14-11-8-5-2)66-61(63)55-52-49-46-43-40-37-33-27-24-21-18-15-12-9-6-3/h7-12,16-21,25-29,31-33,59H,4-6,13-15,22-24,30,34-58H2,1-3H3/b10-7-,11-8-,12-9-,19-16-,20-17-,21-18-,28-25-,29-26-,32-31-,33-27-. The third kappa shape index (κ3) is 52.9. The van der Waals surface area contributed by atoms with E-state index in [1.807, 2.05) is 0 Å².